The molecule has 1 atom stereocenters. The molecule has 1 aliphatic rings. The summed E-state index contributed by atoms with van der Waals surface area (Å²) < 4.78 is 5.42. The Morgan fingerprint density at radius 2 is 1.97 bits per heavy atom. The number of anilines is 2. The first kappa shape index (κ1) is 23.4. The van der Waals surface area contributed by atoms with Crippen LogP contribution in [0.3, 0.4) is 0 Å². The molecule has 1 N–H and O–H groups in total. The molecule has 168 valence electrons. The third kappa shape index (κ3) is 5.13. The van der Waals surface area contributed by atoms with Crippen LogP contribution in [0, 0.1) is 11.3 Å². The van der Waals surface area contributed by atoms with Crippen molar-refractivity contribution >= 4 is 23.4 Å². The molecule has 0 spiro atoms. The standard InChI is InChI=1S/C27H33N3O2/c1-6-14-30-25-13-8-20(16-24(25)19(3)17-27(30,4)5)15-21(18-28)26(31)29-22-9-11-23(12-10-22)32-7-2/h8-13,15-16,19H,6-7,14,17H2,1-5H3,(H,29,31)/b21-15+. The Labute approximate surface area is 191 Å². The lowest BCUT2D eigenvalue weighted by atomic mass is 9.79. The van der Waals surface area contributed by atoms with Crippen molar-refractivity contribution < 1.29 is 9.53 Å². The Kier molecular flexibility index (Phi) is 7.25. The minimum atomic E-state index is -0.420. The van der Waals surface area contributed by atoms with E-state index in [1.54, 1.807) is 30.3 Å². The highest BCUT2D eigenvalue weighted by molar-refractivity contribution is 6.09. The molecular formula is C27H33N3O2. The first-order chi connectivity index (χ1) is 15.3. The van der Waals surface area contributed by atoms with E-state index in [1.165, 1.54) is 11.3 Å². The number of benzene rings is 2. The molecule has 3 rings (SSSR count). The molecule has 5 heteroatoms. The number of hydrogen-bond donors (Lipinski definition) is 1. The molecule has 1 unspecified atom stereocenters. The van der Waals surface area contributed by atoms with Gasteiger partial charge in [-0.1, -0.05) is 19.9 Å². The topological polar surface area (TPSA) is 65.4 Å². The molecule has 2 aromatic rings. The number of carbonyl (C=O) groups excluding carboxylic acids is 1. The van der Waals surface area contributed by atoms with Crippen molar-refractivity contribution in [1.82, 2.24) is 0 Å². The number of hydrogen-bond acceptors (Lipinski definition) is 4. The van der Waals surface area contributed by atoms with Crippen LogP contribution in [0.1, 0.15) is 64.5 Å². The summed E-state index contributed by atoms with van der Waals surface area (Å²) in [6, 6.07) is 15.4. The van der Waals surface area contributed by atoms with Crippen LogP contribution < -0.4 is 15.0 Å². The highest BCUT2D eigenvalue weighted by Gasteiger charge is 2.35. The van der Waals surface area contributed by atoms with Gasteiger partial charge < -0.3 is 15.0 Å². The van der Waals surface area contributed by atoms with Gasteiger partial charge in [-0.25, -0.2) is 0 Å². The maximum absolute atomic E-state index is 12.7. The van der Waals surface area contributed by atoms with Crippen molar-refractivity contribution in [3.8, 4) is 11.8 Å². The number of amides is 1. The van der Waals surface area contributed by atoms with E-state index < -0.39 is 5.91 Å². The zero-order valence-electron chi connectivity index (χ0n) is 19.7. The molecule has 0 fully saturated rings. The Hall–Kier alpha value is -3.26. The van der Waals surface area contributed by atoms with Crippen LogP contribution >= 0.6 is 0 Å². The Morgan fingerprint density at radius 1 is 1.25 bits per heavy atom. The van der Waals surface area contributed by atoms with Gasteiger partial charge >= 0.3 is 0 Å². The van der Waals surface area contributed by atoms with Gasteiger partial charge in [-0.2, -0.15) is 5.26 Å². The molecule has 1 heterocycles. The zero-order valence-corrected chi connectivity index (χ0v) is 19.7. The van der Waals surface area contributed by atoms with Gasteiger partial charge in [-0.05, 0) is 93.1 Å². The van der Waals surface area contributed by atoms with Crippen LogP contribution in [0.5, 0.6) is 5.75 Å². The van der Waals surface area contributed by atoms with Crippen molar-refractivity contribution in [3.63, 3.8) is 0 Å². The maximum Gasteiger partial charge on any atom is 0.266 e. The number of fused-ring (bicyclic) bond motifs is 1. The van der Waals surface area contributed by atoms with E-state index in [4.69, 9.17) is 4.74 Å². The van der Waals surface area contributed by atoms with Crippen molar-refractivity contribution in [3.05, 3.63) is 59.2 Å². The Balaban J connectivity index is 1.84. The van der Waals surface area contributed by atoms with E-state index in [0.29, 0.717) is 18.2 Å². The van der Waals surface area contributed by atoms with Gasteiger partial charge in [0, 0.05) is 23.5 Å². The average molecular weight is 432 g/mol. The van der Waals surface area contributed by atoms with Gasteiger partial charge in [0.1, 0.15) is 17.4 Å². The lowest BCUT2D eigenvalue weighted by Crippen LogP contribution is -2.48. The zero-order chi connectivity index (χ0) is 23.3. The third-order valence-electron chi connectivity index (χ3n) is 5.96. The second-order valence-corrected chi connectivity index (χ2v) is 8.97. The quantitative estimate of drug-likeness (QED) is 0.423. The summed E-state index contributed by atoms with van der Waals surface area (Å²) in [6.45, 7) is 12.6. The van der Waals surface area contributed by atoms with Crippen LogP contribution in [0.2, 0.25) is 0 Å². The lowest BCUT2D eigenvalue weighted by Gasteiger charge is -2.47. The van der Waals surface area contributed by atoms with Crippen LogP contribution in [0.4, 0.5) is 11.4 Å². The minimum absolute atomic E-state index is 0.0769. The van der Waals surface area contributed by atoms with Gasteiger partial charge in [-0.3, -0.25) is 4.79 Å². The third-order valence-corrected chi connectivity index (χ3v) is 5.96. The van der Waals surface area contributed by atoms with Crippen LogP contribution in [0.15, 0.2) is 48.0 Å². The molecule has 32 heavy (non-hydrogen) atoms. The average Bonchev–Trinajstić information content (AvgIpc) is 2.76. The summed E-state index contributed by atoms with van der Waals surface area (Å²) in [7, 11) is 0. The predicted octanol–water partition coefficient (Wildman–Crippen LogP) is 6.13. The molecular weight excluding hydrogens is 398 g/mol. The summed E-state index contributed by atoms with van der Waals surface area (Å²) in [5, 5.41) is 12.4. The van der Waals surface area contributed by atoms with E-state index in [0.717, 1.165) is 30.7 Å². The molecule has 2 aromatic carbocycles. The summed E-state index contributed by atoms with van der Waals surface area (Å²) in [6.07, 6.45) is 3.82. The molecule has 0 radical (unpaired) electrons. The number of nitriles is 1. The van der Waals surface area contributed by atoms with Crippen molar-refractivity contribution in [2.75, 3.05) is 23.4 Å². The fourth-order valence-electron chi connectivity index (χ4n) is 4.56. The van der Waals surface area contributed by atoms with E-state index in [1.807, 2.05) is 19.1 Å². The van der Waals surface area contributed by atoms with E-state index in [2.05, 4.69) is 50.0 Å². The summed E-state index contributed by atoms with van der Waals surface area (Å²) in [5.74, 6) is 0.728. The maximum atomic E-state index is 12.7. The molecule has 0 saturated heterocycles. The predicted molar refractivity (Wildman–Crippen MR) is 131 cm³/mol. The van der Waals surface area contributed by atoms with Gasteiger partial charge in [0.15, 0.2) is 0 Å². The normalized spacial score (nSPS) is 17.3. The molecule has 1 aliphatic heterocycles. The molecule has 1 amide bonds. The van der Waals surface area contributed by atoms with Gasteiger partial charge in [0.2, 0.25) is 0 Å². The highest BCUT2D eigenvalue weighted by atomic mass is 16.5. The first-order valence-electron chi connectivity index (χ1n) is 11.4. The van der Waals surface area contributed by atoms with E-state index >= 15 is 0 Å². The molecule has 0 bridgehead atoms. The van der Waals surface area contributed by atoms with Crippen molar-refractivity contribution in [2.24, 2.45) is 0 Å². The monoisotopic (exact) mass is 431 g/mol. The number of ether oxygens (including phenoxy) is 1. The summed E-state index contributed by atoms with van der Waals surface area (Å²) in [4.78, 5) is 15.2. The van der Waals surface area contributed by atoms with E-state index in [-0.39, 0.29) is 11.1 Å². The number of nitrogens with zero attached hydrogens (tertiary/aromatic N) is 2. The number of rotatable bonds is 7. The molecule has 0 aromatic heterocycles. The number of carbonyl (C=O) groups is 1. The largest absolute Gasteiger partial charge is 0.494 e. The van der Waals surface area contributed by atoms with Crippen molar-refractivity contribution in [1.29, 1.82) is 5.26 Å². The Bertz CT molecular complexity index is 1030. The summed E-state index contributed by atoms with van der Waals surface area (Å²) in [5.41, 5.74) is 4.20. The molecule has 0 saturated carbocycles. The molecule has 5 nitrogen and oxygen atoms in total. The lowest BCUT2D eigenvalue weighted by molar-refractivity contribution is -0.112. The van der Waals surface area contributed by atoms with E-state index in [9.17, 15) is 10.1 Å². The first-order valence-corrected chi connectivity index (χ1v) is 11.4. The van der Waals surface area contributed by atoms with Crippen LogP contribution in [0.25, 0.3) is 6.08 Å². The minimum Gasteiger partial charge on any atom is -0.494 e. The van der Waals surface area contributed by atoms with Crippen LogP contribution in [-0.2, 0) is 4.79 Å². The Morgan fingerprint density at radius 3 is 2.59 bits per heavy atom. The van der Waals surface area contributed by atoms with Gasteiger partial charge in [0.25, 0.3) is 5.91 Å². The molecule has 0 aliphatic carbocycles. The second kappa shape index (κ2) is 9.91. The van der Waals surface area contributed by atoms with Crippen LogP contribution in [-0.4, -0.2) is 24.6 Å². The highest BCUT2D eigenvalue weighted by Crippen LogP contribution is 2.43. The second-order valence-electron chi connectivity index (χ2n) is 8.97. The van der Waals surface area contributed by atoms with Gasteiger partial charge in [0.05, 0.1) is 6.61 Å². The SMILES string of the molecule is CCCN1c2ccc(/C=C(\C#N)C(=O)Nc3ccc(OCC)cc3)cc2C(C)CC1(C)C. The van der Waals surface area contributed by atoms with Gasteiger partial charge in [-0.15, -0.1) is 0 Å². The fraction of sp³-hybridized carbons (Fsp3) is 0.407. The summed E-state index contributed by atoms with van der Waals surface area (Å²) >= 11 is 0. The van der Waals surface area contributed by atoms with Crippen molar-refractivity contribution in [2.45, 2.75) is 58.9 Å². The fourth-order valence-corrected chi connectivity index (χ4v) is 4.56. The smallest absolute Gasteiger partial charge is 0.266 e. The number of nitrogens with one attached hydrogen (secondary N) is 1.